The van der Waals surface area contributed by atoms with Gasteiger partial charge in [0.2, 0.25) is 0 Å². The first-order chi connectivity index (χ1) is 20.0. The van der Waals surface area contributed by atoms with Crippen molar-refractivity contribution in [1.29, 1.82) is 0 Å². The maximum atomic E-state index is 12.7. The molecule has 0 saturated carbocycles. The number of carbonyl (C=O) groups excluding carboxylic acids is 2. The molecule has 2 amide bonds. The SMILES string of the molecule is COc1cc(C(=O)N/N=C/c2cc(Cl)c(OCC(=O)Nc3ccccc3)c(OC)c2)ccc1OCc1ccccc1. The Hall–Kier alpha value is -5.02. The van der Waals surface area contributed by atoms with Crippen LogP contribution in [0.5, 0.6) is 23.0 Å². The Kier molecular flexibility index (Phi) is 10.2. The Labute approximate surface area is 242 Å². The Morgan fingerprint density at radius 2 is 1.54 bits per heavy atom. The molecule has 0 aliphatic heterocycles. The molecule has 4 aromatic carbocycles. The quantitative estimate of drug-likeness (QED) is 0.166. The lowest BCUT2D eigenvalue weighted by molar-refractivity contribution is -0.118. The number of hydrogen-bond donors (Lipinski definition) is 2. The molecule has 0 bridgehead atoms. The molecule has 41 heavy (non-hydrogen) atoms. The molecule has 2 N–H and O–H groups in total. The van der Waals surface area contributed by atoms with E-state index in [1.165, 1.54) is 20.4 Å². The third-order valence-electron chi connectivity index (χ3n) is 5.70. The van der Waals surface area contributed by atoms with Crippen molar-refractivity contribution in [2.75, 3.05) is 26.1 Å². The standard InChI is InChI=1S/C31H28ClN3O6/c1-38-27-17-23(13-14-26(27)40-19-21-9-5-3-6-10-21)31(37)35-33-18-22-15-25(32)30(28(16-22)39-2)41-20-29(36)34-24-11-7-4-8-12-24/h3-18H,19-20H2,1-2H3,(H,34,36)(H,35,37)/b33-18+. The van der Waals surface area contributed by atoms with Gasteiger partial charge in [0.25, 0.3) is 11.8 Å². The van der Waals surface area contributed by atoms with Crippen molar-refractivity contribution < 1.29 is 28.5 Å². The Balaban J connectivity index is 1.35. The van der Waals surface area contributed by atoms with Crippen molar-refractivity contribution in [1.82, 2.24) is 5.43 Å². The van der Waals surface area contributed by atoms with Crippen LogP contribution in [-0.4, -0.2) is 38.9 Å². The Morgan fingerprint density at radius 3 is 2.24 bits per heavy atom. The van der Waals surface area contributed by atoms with Crippen LogP contribution in [0.4, 0.5) is 5.69 Å². The van der Waals surface area contributed by atoms with Crippen LogP contribution in [-0.2, 0) is 11.4 Å². The molecule has 0 spiro atoms. The van der Waals surface area contributed by atoms with E-state index in [1.807, 2.05) is 48.5 Å². The topological polar surface area (TPSA) is 107 Å². The summed E-state index contributed by atoms with van der Waals surface area (Å²) in [6, 6.07) is 26.8. The molecule has 0 radical (unpaired) electrons. The first kappa shape index (κ1) is 29.0. The third kappa shape index (κ3) is 8.23. The Bertz CT molecular complexity index is 1510. The van der Waals surface area contributed by atoms with Gasteiger partial charge < -0.3 is 24.3 Å². The molecule has 210 valence electrons. The van der Waals surface area contributed by atoms with E-state index in [2.05, 4.69) is 15.8 Å². The van der Waals surface area contributed by atoms with E-state index in [4.69, 9.17) is 30.5 Å². The van der Waals surface area contributed by atoms with Crippen LogP contribution in [0.2, 0.25) is 5.02 Å². The zero-order valence-corrected chi connectivity index (χ0v) is 23.2. The van der Waals surface area contributed by atoms with E-state index < -0.39 is 5.91 Å². The smallest absolute Gasteiger partial charge is 0.271 e. The van der Waals surface area contributed by atoms with Gasteiger partial charge in [-0.3, -0.25) is 9.59 Å². The summed E-state index contributed by atoms with van der Waals surface area (Å²) in [7, 11) is 2.95. The molecule has 4 aromatic rings. The van der Waals surface area contributed by atoms with E-state index in [-0.39, 0.29) is 23.3 Å². The van der Waals surface area contributed by atoms with Crippen molar-refractivity contribution in [3.8, 4) is 23.0 Å². The highest BCUT2D eigenvalue weighted by Gasteiger charge is 2.15. The number of amides is 2. The van der Waals surface area contributed by atoms with Gasteiger partial charge in [-0.15, -0.1) is 0 Å². The molecule has 0 aliphatic rings. The van der Waals surface area contributed by atoms with Gasteiger partial charge in [-0.05, 0) is 53.6 Å². The second-order valence-corrected chi connectivity index (χ2v) is 8.98. The average molecular weight is 574 g/mol. The highest BCUT2D eigenvalue weighted by molar-refractivity contribution is 6.32. The van der Waals surface area contributed by atoms with E-state index in [1.54, 1.807) is 42.5 Å². The monoisotopic (exact) mass is 573 g/mol. The molecule has 0 saturated heterocycles. The van der Waals surface area contributed by atoms with Crippen molar-refractivity contribution in [2.24, 2.45) is 5.10 Å². The zero-order valence-electron chi connectivity index (χ0n) is 22.4. The van der Waals surface area contributed by atoms with Gasteiger partial charge in [0, 0.05) is 11.3 Å². The summed E-state index contributed by atoms with van der Waals surface area (Å²) in [5.74, 6) is 0.639. The summed E-state index contributed by atoms with van der Waals surface area (Å²) in [4.78, 5) is 24.9. The first-order valence-corrected chi connectivity index (χ1v) is 12.9. The maximum absolute atomic E-state index is 12.7. The molecule has 0 unspecified atom stereocenters. The van der Waals surface area contributed by atoms with Crippen LogP contribution >= 0.6 is 11.6 Å². The molecule has 0 aliphatic carbocycles. The fourth-order valence-corrected chi connectivity index (χ4v) is 3.98. The normalized spacial score (nSPS) is 10.6. The number of rotatable bonds is 12. The number of hydrogen-bond acceptors (Lipinski definition) is 7. The van der Waals surface area contributed by atoms with Crippen molar-refractivity contribution in [3.63, 3.8) is 0 Å². The van der Waals surface area contributed by atoms with E-state index in [0.717, 1.165) is 5.56 Å². The number of carbonyl (C=O) groups is 2. The van der Waals surface area contributed by atoms with Crippen LogP contribution < -0.4 is 29.7 Å². The number of para-hydroxylation sites is 1. The highest BCUT2D eigenvalue weighted by atomic mass is 35.5. The van der Waals surface area contributed by atoms with Crippen LogP contribution in [0, 0.1) is 0 Å². The lowest BCUT2D eigenvalue weighted by Crippen LogP contribution is -2.20. The van der Waals surface area contributed by atoms with Gasteiger partial charge in [-0.25, -0.2) is 5.43 Å². The zero-order chi connectivity index (χ0) is 29.0. The molecule has 0 fully saturated rings. The van der Waals surface area contributed by atoms with Gasteiger partial charge >= 0.3 is 0 Å². The molecule has 0 aromatic heterocycles. The maximum Gasteiger partial charge on any atom is 0.271 e. The summed E-state index contributed by atoms with van der Waals surface area (Å²) in [6.45, 7) is 0.0950. The predicted octanol–water partition coefficient (Wildman–Crippen LogP) is 5.72. The molecule has 4 rings (SSSR count). The van der Waals surface area contributed by atoms with Crippen molar-refractivity contribution in [2.45, 2.75) is 6.61 Å². The first-order valence-electron chi connectivity index (χ1n) is 12.5. The lowest BCUT2D eigenvalue weighted by atomic mass is 10.2. The summed E-state index contributed by atoms with van der Waals surface area (Å²) in [5.41, 5.74) is 5.01. The molecule has 0 heterocycles. The van der Waals surface area contributed by atoms with Gasteiger partial charge in [0.15, 0.2) is 29.6 Å². The average Bonchev–Trinajstić information content (AvgIpc) is 3.00. The number of hydrazone groups is 1. The fourth-order valence-electron chi connectivity index (χ4n) is 3.70. The van der Waals surface area contributed by atoms with Gasteiger partial charge in [0.05, 0.1) is 25.5 Å². The van der Waals surface area contributed by atoms with Gasteiger partial charge in [0.1, 0.15) is 6.61 Å². The predicted molar refractivity (Wildman–Crippen MR) is 157 cm³/mol. The van der Waals surface area contributed by atoms with Gasteiger partial charge in [-0.2, -0.15) is 5.10 Å². The van der Waals surface area contributed by atoms with E-state index >= 15 is 0 Å². The summed E-state index contributed by atoms with van der Waals surface area (Å²) in [5, 5.41) is 6.96. The lowest BCUT2D eigenvalue weighted by Gasteiger charge is -2.13. The van der Waals surface area contributed by atoms with Crippen LogP contribution in [0.3, 0.4) is 0 Å². The number of halogens is 1. The fraction of sp³-hybridized carbons (Fsp3) is 0.129. The second-order valence-electron chi connectivity index (χ2n) is 8.58. The second kappa shape index (κ2) is 14.4. The molecular formula is C31H28ClN3O6. The summed E-state index contributed by atoms with van der Waals surface area (Å²) in [6.07, 6.45) is 1.41. The molecule has 10 heteroatoms. The third-order valence-corrected chi connectivity index (χ3v) is 5.98. The van der Waals surface area contributed by atoms with Gasteiger partial charge in [-0.1, -0.05) is 60.1 Å². The number of nitrogens with one attached hydrogen (secondary N) is 2. The minimum atomic E-state index is -0.448. The van der Waals surface area contributed by atoms with Crippen LogP contribution in [0.25, 0.3) is 0 Å². The van der Waals surface area contributed by atoms with Crippen molar-refractivity contribution >= 4 is 35.3 Å². The molecule has 0 atom stereocenters. The number of benzene rings is 4. The van der Waals surface area contributed by atoms with Crippen LogP contribution in [0.15, 0.2) is 96.1 Å². The van der Waals surface area contributed by atoms with Crippen molar-refractivity contribution in [3.05, 3.63) is 113 Å². The number of anilines is 1. The van der Waals surface area contributed by atoms with E-state index in [9.17, 15) is 9.59 Å². The number of methoxy groups -OCH3 is 2. The number of ether oxygens (including phenoxy) is 4. The summed E-state index contributed by atoms with van der Waals surface area (Å²) < 4.78 is 22.2. The minimum absolute atomic E-state index is 0.209. The highest BCUT2D eigenvalue weighted by Crippen LogP contribution is 2.36. The summed E-state index contributed by atoms with van der Waals surface area (Å²) >= 11 is 6.40. The molecule has 9 nitrogen and oxygen atoms in total. The largest absolute Gasteiger partial charge is 0.493 e. The molecular weight excluding hydrogens is 546 g/mol. The Morgan fingerprint density at radius 1 is 0.829 bits per heavy atom. The minimum Gasteiger partial charge on any atom is -0.493 e. The van der Waals surface area contributed by atoms with Crippen LogP contribution in [0.1, 0.15) is 21.5 Å². The number of nitrogens with zero attached hydrogens (tertiary/aromatic N) is 1. The van der Waals surface area contributed by atoms with E-state index in [0.29, 0.717) is 40.7 Å².